The van der Waals surface area contributed by atoms with E-state index in [4.69, 9.17) is 29.2 Å². The average Bonchev–Trinajstić information content (AvgIpc) is 2.86. The molecule has 0 saturated heterocycles. The lowest BCUT2D eigenvalue weighted by atomic mass is 10.1. The number of rotatable bonds is 23. The molecule has 0 aliphatic rings. The number of methoxy groups -OCH3 is 1. The monoisotopic (exact) mass is 564 g/mol. The van der Waals surface area contributed by atoms with Crippen molar-refractivity contribution >= 4 is 42.2 Å². The lowest BCUT2D eigenvalue weighted by Gasteiger charge is -2.19. The summed E-state index contributed by atoms with van der Waals surface area (Å²) in [6.07, 6.45) is -1.73. The van der Waals surface area contributed by atoms with E-state index in [9.17, 15) is 33.6 Å². The van der Waals surface area contributed by atoms with Crippen molar-refractivity contribution in [3.8, 4) is 0 Å². The molecule has 0 rings (SSSR count). The van der Waals surface area contributed by atoms with Crippen LogP contribution >= 0.6 is 0 Å². The Kier molecular flexibility index (Phi) is 19.1. The molecule has 0 aromatic rings. The van der Waals surface area contributed by atoms with Gasteiger partial charge >= 0.3 is 29.9 Å². The van der Waals surface area contributed by atoms with Crippen LogP contribution in [0.25, 0.3) is 0 Å². The number of esters is 2. The van der Waals surface area contributed by atoms with Crippen molar-refractivity contribution in [2.24, 2.45) is 0 Å². The zero-order valence-corrected chi connectivity index (χ0v) is 21.9. The third-order valence-corrected chi connectivity index (χ3v) is 4.83. The number of hydrogen-bond donors (Lipinski definition) is 4. The maximum absolute atomic E-state index is 12.0. The summed E-state index contributed by atoms with van der Waals surface area (Å²) in [6, 6.07) is -2.40. The van der Waals surface area contributed by atoms with E-state index >= 15 is 0 Å². The minimum Gasteiger partial charge on any atom is -0.481 e. The first-order valence-corrected chi connectivity index (χ1v) is 12.0. The van der Waals surface area contributed by atoms with Gasteiger partial charge < -0.3 is 44.5 Å². The molecule has 0 aromatic heterocycles. The van der Waals surface area contributed by atoms with E-state index in [0.29, 0.717) is 12.8 Å². The van der Waals surface area contributed by atoms with Gasteiger partial charge in [-0.05, 0) is 26.2 Å². The van der Waals surface area contributed by atoms with Crippen molar-refractivity contribution in [2.45, 2.75) is 70.2 Å². The number of hydrogen-bond acceptors (Lipinski definition) is 12. The number of amides is 2. The molecule has 3 atom stereocenters. The molecule has 0 aliphatic carbocycles. The zero-order chi connectivity index (χ0) is 29.6. The van der Waals surface area contributed by atoms with E-state index in [1.54, 1.807) is 0 Å². The van der Waals surface area contributed by atoms with Crippen LogP contribution in [0, 0.1) is 0 Å². The molecule has 0 heterocycles. The molecule has 16 nitrogen and oxygen atoms in total. The summed E-state index contributed by atoms with van der Waals surface area (Å²) in [5, 5.41) is 22.1. The van der Waals surface area contributed by atoms with Gasteiger partial charge in [-0.1, -0.05) is 0 Å². The summed E-state index contributed by atoms with van der Waals surface area (Å²) in [6.45, 7) is 1.22. The number of carboxylic acids is 2. The summed E-state index contributed by atoms with van der Waals surface area (Å²) in [5.74, 6) is -4.19. The van der Waals surface area contributed by atoms with Crippen molar-refractivity contribution in [1.29, 1.82) is 0 Å². The van der Waals surface area contributed by atoms with Crippen molar-refractivity contribution in [1.82, 2.24) is 10.6 Å². The number of carboxylic acid groups (broad SMARTS) is 2. The summed E-state index contributed by atoms with van der Waals surface area (Å²) in [4.78, 5) is 79.4. The second kappa shape index (κ2) is 21.2. The molecule has 2 amide bonds. The zero-order valence-electron chi connectivity index (χ0n) is 21.9. The van der Waals surface area contributed by atoms with Crippen molar-refractivity contribution in [3.05, 3.63) is 0 Å². The highest BCUT2D eigenvalue weighted by atomic mass is 16.6. The van der Waals surface area contributed by atoms with Gasteiger partial charge in [0.1, 0.15) is 25.0 Å². The van der Waals surface area contributed by atoms with E-state index in [0.717, 1.165) is 0 Å². The number of urea groups is 1. The van der Waals surface area contributed by atoms with Crippen LogP contribution in [0.5, 0.6) is 0 Å². The Bertz CT molecular complexity index is 819. The molecule has 4 N–H and O–H groups in total. The van der Waals surface area contributed by atoms with Crippen LogP contribution in [-0.2, 0) is 52.5 Å². The molecule has 0 radical (unpaired) electrons. The number of aliphatic carboxylic acids is 2. The van der Waals surface area contributed by atoms with Gasteiger partial charge in [0.25, 0.3) is 6.47 Å². The maximum Gasteiger partial charge on any atom is 0.347 e. The Morgan fingerprint density at radius 1 is 0.897 bits per heavy atom. The summed E-state index contributed by atoms with van der Waals surface area (Å²) >= 11 is 0. The first-order valence-electron chi connectivity index (χ1n) is 12.0. The lowest BCUT2D eigenvalue weighted by molar-refractivity contribution is -0.169. The summed E-state index contributed by atoms with van der Waals surface area (Å²) in [5.41, 5.74) is 0. The van der Waals surface area contributed by atoms with E-state index in [-0.39, 0.29) is 64.4 Å². The van der Waals surface area contributed by atoms with Crippen molar-refractivity contribution < 1.29 is 67.5 Å². The molecule has 16 heteroatoms. The topological polar surface area (TPSA) is 230 Å². The quantitative estimate of drug-likeness (QED) is 0.0413. The number of Topliss-reactive ketones (excluding diaryl/α,β-unsaturated/α-hetero) is 1. The Hall–Kier alpha value is -3.79. The van der Waals surface area contributed by atoms with Crippen LogP contribution in [-0.4, -0.2) is 104 Å². The van der Waals surface area contributed by atoms with Crippen LogP contribution in [0.15, 0.2) is 0 Å². The summed E-state index contributed by atoms with van der Waals surface area (Å²) in [7, 11) is 1.31. The first kappa shape index (κ1) is 35.2. The van der Waals surface area contributed by atoms with Crippen LogP contribution in [0.2, 0.25) is 0 Å². The second-order valence-electron chi connectivity index (χ2n) is 8.04. The third kappa shape index (κ3) is 19.0. The maximum atomic E-state index is 12.0. The number of ether oxygens (including phenoxy) is 5. The smallest absolute Gasteiger partial charge is 0.347 e. The minimum atomic E-state index is -1.45. The van der Waals surface area contributed by atoms with Crippen LogP contribution in [0.3, 0.4) is 0 Å². The minimum absolute atomic E-state index is 0.0370. The molecule has 0 spiro atoms. The fourth-order valence-corrected chi connectivity index (χ4v) is 2.89. The van der Waals surface area contributed by atoms with E-state index in [2.05, 4.69) is 15.4 Å². The standard InChI is InChI=1S/C23H36N2O14/c1-15(39-20(30)13-35-2)22(33)37-12-11-36-10-9-16(27)5-3-4-6-18(38-14-26)25-23(34)24-17(21(31)32)7-8-19(28)29/h14-15,17-18H,3-13H2,1-2H3,(H,28,29)(H,31,32)(H2,24,25,34)/t15?,17-,18+/m0/s1. The molecule has 0 saturated carbocycles. The number of carbonyl (C=O) groups excluding carboxylic acids is 5. The Balaban J connectivity index is 4.11. The molecule has 0 bridgehead atoms. The number of nitrogens with one attached hydrogen (secondary N) is 2. The fourth-order valence-electron chi connectivity index (χ4n) is 2.89. The second-order valence-corrected chi connectivity index (χ2v) is 8.04. The molecule has 0 aromatic carbocycles. The average molecular weight is 565 g/mol. The van der Waals surface area contributed by atoms with Gasteiger partial charge in [0.15, 0.2) is 12.3 Å². The molecule has 39 heavy (non-hydrogen) atoms. The number of ketones is 1. The van der Waals surface area contributed by atoms with Gasteiger partial charge in [-0.2, -0.15) is 0 Å². The van der Waals surface area contributed by atoms with Gasteiger partial charge in [-0.15, -0.1) is 0 Å². The highest BCUT2D eigenvalue weighted by Crippen LogP contribution is 2.07. The predicted octanol–water partition coefficient (Wildman–Crippen LogP) is -0.240. The Labute approximate surface area is 224 Å². The number of carbonyl (C=O) groups is 7. The van der Waals surface area contributed by atoms with Gasteiger partial charge in [0.2, 0.25) is 0 Å². The molecule has 0 aliphatic heterocycles. The Morgan fingerprint density at radius 2 is 1.62 bits per heavy atom. The van der Waals surface area contributed by atoms with Gasteiger partial charge in [0.05, 0.1) is 13.2 Å². The fraction of sp³-hybridized carbons (Fsp3) is 0.696. The molecular formula is C23H36N2O14. The lowest BCUT2D eigenvalue weighted by Crippen LogP contribution is -2.49. The van der Waals surface area contributed by atoms with Gasteiger partial charge in [0, 0.05) is 32.8 Å². The SMILES string of the molecule is COCC(=O)OC(C)C(=O)OCCOCCC(=O)CCCC[C@H](NC(=O)N[C@@H](CCC(=O)O)C(=O)O)OC=O. The van der Waals surface area contributed by atoms with E-state index in [1.807, 2.05) is 0 Å². The van der Waals surface area contributed by atoms with E-state index in [1.165, 1.54) is 14.0 Å². The van der Waals surface area contributed by atoms with Crippen LogP contribution in [0.1, 0.15) is 51.9 Å². The van der Waals surface area contributed by atoms with Crippen molar-refractivity contribution in [2.75, 3.05) is 33.5 Å². The van der Waals surface area contributed by atoms with Crippen LogP contribution in [0.4, 0.5) is 4.79 Å². The van der Waals surface area contributed by atoms with Gasteiger partial charge in [-0.25, -0.2) is 19.2 Å². The van der Waals surface area contributed by atoms with Crippen molar-refractivity contribution in [3.63, 3.8) is 0 Å². The highest BCUT2D eigenvalue weighted by Gasteiger charge is 2.23. The third-order valence-electron chi connectivity index (χ3n) is 4.83. The molecular weight excluding hydrogens is 528 g/mol. The Morgan fingerprint density at radius 3 is 2.23 bits per heavy atom. The molecule has 222 valence electrons. The first-order chi connectivity index (χ1) is 18.5. The normalized spacial score (nSPS) is 12.8. The van der Waals surface area contributed by atoms with E-state index < -0.39 is 54.7 Å². The predicted molar refractivity (Wildman–Crippen MR) is 128 cm³/mol. The molecule has 0 fully saturated rings. The van der Waals surface area contributed by atoms with Crippen LogP contribution < -0.4 is 10.6 Å². The highest BCUT2D eigenvalue weighted by molar-refractivity contribution is 5.83. The summed E-state index contributed by atoms with van der Waals surface area (Å²) < 4.78 is 24.3. The molecule has 1 unspecified atom stereocenters. The van der Waals surface area contributed by atoms with Gasteiger partial charge in [-0.3, -0.25) is 14.4 Å². The number of unbranched alkanes of at least 4 members (excludes halogenated alkanes) is 1. The largest absolute Gasteiger partial charge is 0.481 e.